The Morgan fingerprint density at radius 2 is 1.86 bits per heavy atom. The maximum absolute atomic E-state index is 13.9. The fourth-order valence-electron chi connectivity index (χ4n) is 3.62. The monoisotopic (exact) mass is 502 g/mol. The number of hydrogen-bond donors (Lipinski definition) is 3. The lowest BCUT2D eigenvalue weighted by Crippen LogP contribution is -2.53. The zero-order valence-electron chi connectivity index (χ0n) is 22.3. The summed E-state index contributed by atoms with van der Waals surface area (Å²) in [5, 5.41) is 5.51. The van der Waals surface area contributed by atoms with Gasteiger partial charge in [-0.1, -0.05) is 51.1 Å². The van der Waals surface area contributed by atoms with Gasteiger partial charge < -0.3 is 26.0 Å². The number of hydrogen-bond acceptors (Lipinski definition) is 5. The molecule has 0 heterocycles. The van der Waals surface area contributed by atoms with Crippen molar-refractivity contribution in [3.05, 3.63) is 42.0 Å². The van der Waals surface area contributed by atoms with E-state index in [0.29, 0.717) is 18.5 Å². The second-order valence-electron chi connectivity index (χ2n) is 9.66. The molecule has 36 heavy (non-hydrogen) atoms. The maximum Gasteiger partial charge on any atom is 0.408 e. The molecular formula is C27H42N4O5. The van der Waals surface area contributed by atoms with Gasteiger partial charge in [0.2, 0.25) is 17.7 Å². The lowest BCUT2D eigenvalue weighted by molar-refractivity contribution is -0.142. The standard InChI is InChI=1S/C27H42N4O5/c1-7-10-16-29-24(33)23(20-13-11-12-19(9-3)18-20)31(17-8-2)25(34)21(14-15-22(28)32)30-26(35)36-27(4,5)6/h9,11-13,18,21,23H,3,7-8,10,14-17H2,1-2,4-6H3,(H2,28,32)(H,29,33)(H,30,35). The molecular weight excluding hydrogens is 460 g/mol. The van der Waals surface area contributed by atoms with E-state index in [1.165, 1.54) is 4.90 Å². The Morgan fingerprint density at radius 3 is 2.42 bits per heavy atom. The Hall–Kier alpha value is -3.36. The number of alkyl carbamates (subject to hydrolysis) is 1. The Bertz CT molecular complexity index is 910. The molecule has 0 aromatic heterocycles. The molecule has 200 valence electrons. The molecule has 0 aliphatic rings. The van der Waals surface area contributed by atoms with E-state index in [1.54, 1.807) is 39.0 Å². The predicted octanol–water partition coefficient (Wildman–Crippen LogP) is 3.68. The number of carbonyl (C=O) groups is 4. The summed E-state index contributed by atoms with van der Waals surface area (Å²) in [6.45, 7) is 13.6. The highest BCUT2D eigenvalue weighted by molar-refractivity contribution is 5.92. The summed E-state index contributed by atoms with van der Waals surface area (Å²) in [7, 11) is 0. The van der Waals surface area contributed by atoms with Gasteiger partial charge in [0.25, 0.3) is 0 Å². The van der Waals surface area contributed by atoms with Gasteiger partial charge in [0.05, 0.1) is 0 Å². The van der Waals surface area contributed by atoms with E-state index >= 15 is 0 Å². The van der Waals surface area contributed by atoms with Gasteiger partial charge in [0.15, 0.2) is 0 Å². The van der Waals surface area contributed by atoms with Gasteiger partial charge in [0.1, 0.15) is 17.7 Å². The minimum atomic E-state index is -1.10. The summed E-state index contributed by atoms with van der Waals surface area (Å²) in [4.78, 5) is 52.7. The van der Waals surface area contributed by atoms with Crippen LogP contribution < -0.4 is 16.4 Å². The van der Waals surface area contributed by atoms with Crippen LogP contribution in [0, 0.1) is 0 Å². The van der Waals surface area contributed by atoms with Crippen LogP contribution in [0.2, 0.25) is 0 Å². The van der Waals surface area contributed by atoms with E-state index in [4.69, 9.17) is 10.5 Å². The quantitative estimate of drug-likeness (QED) is 0.334. The first-order valence-electron chi connectivity index (χ1n) is 12.5. The molecule has 0 bridgehead atoms. The minimum absolute atomic E-state index is 0.0233. The van der Waals surface area contributed by atoms with Crippen molar-refractivity contribution in [3.8, 4) is 0 Å². The van der Waals surface area contributed by atoms with Crippen LogP contribution in [0.25, 0.3) is 6.08 Å². The van der Waals surface area contributed by atoms with Crippen molar-refractivity contribution in [1.82, 2.24) is 15.5 Å². The van der Waals surface area contributed by atoms with Crippen LogP contribution in [0.5, 0.6) is 0 Å². The van der Waals surface area contributed by atoms with Gasteiger partial charge in [0, 0.05) is 19.5 Å². The van der Waals surface area contributed by atoms with E-state index in [9.17, 15) is 19.2 Å². The Morgan fingerprint density at radius 1 is 1.17 bits per heavy atom. The molecule has 0 spiro atoms. The van der Waals surface area contributed by atoms with Gasteiger partial charge in [-0.3, -0.25) is 14.4 Å². The smallest absolute Gasteiger partial charge is 0.408 e. The molecule has 1 rings (SSSR count). The van der Waals surface area contributed by atoms with Gasteiger partial charge in [-0.15, -0.1) is 0 Å². The minimum Gasteiger partial charge on any atom is -0.444 e. The van der Waals surface area contributed by atoms with Crippen LogP contribution in [-0.2, 0) is 19.1 Å². The topological polar surface area (TPSA) is 131 Å². The van der Waals surface area contributed by atoms with Gasteiger partial charge >= 0.3 is 6.09 Å². The second-order valence-corrected chi connectivity index (χ2v) is 9.66. The fourth-order valence-corrected chi connectivity index (χ4v) is 3.62. The van der Waals surface area contributed by atoms with Gasteiger partial charge in [-0.2, -0.15) is 0 Å². The zero-order valence-corrected chi connectivity index (χ0v) is 22.3. The average molecular weight is 503 g/mol. The van der Waals surface area contributed by atoms with Crippen molar-refractivity contribution >= 4 is 29.9 Å². The lowest BCUT2D eigenvalue weighted by Gasteiger charge is -2.34. The first-order chi connectivity index (χ1) is 16.9. The maximum atomic E-state index is 13.9. The molecule has 4 amide bonds. The normalized spacial score (nSPS) is 12.7. The molecule has 0 fully saturated rings. The Balaban J connectivity index is 3.43. The molecule has 0 saturated carbocycles. The summed E-state index contributed by atoms with van der Waals surface area (Å²) in [6.07, 6.45) is 3.01. The number of carbonyl (C=O) groups excluding carboxylic acids is 4. The lowest BCUT2D eigenvalue weighted by atomic mass is 9.99. The molecule has 1 aromatic carbocycles. The first-order valence-corrected chi connectivity index (χ1v) is 12.5. The predicted molar refractivity (Wildman–Crippen MR) is 141 cm³/mol. The molecule has 0 aliphatic heterocycles. The molecule has 0 aliphatic carbocycles. The van der Waals surface area contributed by atoms with Crippen LogP contribution in [0.3, 0.4) is 0 Å². The Kier molecular flexibility index (Phi) is 12.7. The van der Waals surface area contributed by atoms with Gasteiger partial charge in [-0.05, 0) is 57.2 Å². The molecule has 0 saturated heterocycles. The number of unbranched alkanes of at least 4 members (excludes halogenated alkanes) is 1. The number of nitrogens with zero attached hydrogens (tertiary/aromatic N) is 1. The number of primary amides is 1. The highest BCUT2D eigenvalue weighted by Gasteiger charge is 2.36. The molecule has 2 atom stereocenters. The van der Waals surface area contributed by atoms with Crippen LogP contribution in [0.15, 0.2) is 30.8 Å². The van der Waals surface area contributed by atoms with E-state index in [-0.39, 0.29) is 25.3 Å². The Labute approximate surface area is 214 Å². The number of ether oxygens (including phenoxy) is 1. The highest BCUT2D eigenvalue weighted by Crippen LogP contribution is 2.25. The molecule has 9 heteroatoms. The number of nitrogens with one attached hydrogen (secondary N) is 2. The van der Waals surface area contributed by atoms with E-state index in [0.717, 1.165) is 18.4 Å². The van der Waals surface area contributed by atoms with Crippen LogP contribution in [0.1, 0.15) is 83.9 Å². The molecule has 1 aromatic rings. The van der Waals surface area contributed by atoms with Crippen LogP contribution in [0.4, 0.5) is 4.79 Å². The number of nitrogens with two attached hydrogens (primary N) is 1. The SMILES string of the molecule is C=Cc1cccc(C(C(=O)NCCCC)N(CCC)C(=O)C(CCC(N)=O)NC(=O)OC(C)(C)C)c1. The summed E-state index contributed by atoms with van der Waals surface area (Å²) in [5.41, 5.74) is 5.97. The second kappa shape index (κ2) is 14.9. The van der Waals surface area contributed by atoms with Crippen molar-refractivity contribution in [2.45, 2.75) is 84.4 Å². The highest BCUT2D eigenvalue weighted by atomic mass is 16.6. The molecule has 9 nitrogen and oxygen atoms in total. The zero-order chi connectivity index (χ0) is 27.3. The number of amides is 4. The molecule has 0 radical (unpaired) electrons. The number of rotatable bonds is 14. The van der Waals surface area contributed by atoms with E-state index in [2.05, 4.69) is 17.2 Å². The van der Waals surface area contributed by atoms with E-state index in [1.807, 2.05) is 26.0 Å². The first kappa shape index (κ1) is 30.7. The van der Waals surface area contributed by atoms with E-state index < -0.39 is 35.6 Å². The van der Waals surface area contributed by atoms with Crippen molar-refractivity contribution in [2.75, 3.05) is 13.1 Å². The summed E-state index contributed by atoms with van der Waals surface area (Å²) in [6, 6.07) is 5.21. The van der Waals surface area contributed by atoms with Gasteiger partial charge in [-0.25, -0.2) is 4.79 Å². The summed E-state index contributed by atoms with van der Waals surface area (Å²) < 4.78 is 5.33. The largest absolute Gasteiger partial charge is 0.444 e. The fraction of sp³-hybridized carbons (Fsp3) is 0.556. The van der Waals surface area contributed by atoms with Crippen LogP contribution >= 0.6 is 0 Å². The van der Waals surface area contributed by atoms with Crippen molar-refractivity contribution in [1.29, 1.82) is 0 Å². The number of benzene rings is 1. The summed E-state index contributed by atoms with van der Waals surface area (Å²) >= 11 is 0. The van der Waals surface area contributed by atoms with Crippen molar-refractivity contribution < 1.29 is 23.9 Å². The van der Waals surface area contributed by atoms with Crippen LogP contribution in [-0.4, -0.2) is 53.4 Å². The van der Waals surface area contributed by atoms with Crippen molar-refractivity contribution in [2.24, 2.45) is 5.73 Å². The summed E-state index contributed by atoms with van der Waals surface area (Å²) in [5.74, 6) is -1.42. The third kappa shape index (κ3) is 10.5. The van der Waals surface area contributed by atoms with Crippen molar-refractivity contribution in [3.63, 3.8) is 0 Å². The third-order valence-electron chi connectivity index (χ3n) is 5.27. The third-order valence-corrected chi connectivity index (χ3v) is 5.27. The molecule has 2 unspecified atom stereocenters. The average Bonchev–Trinajstić information content (AvgIpc) is 2.80. The molecule has 4 N–H and O–H groups in total.